The van der Waals surface area contributed by atoms with E-state index in [2.05, 4.69) is 39.3 Å². The van der Waals surface area contributed by atoms with E-state index < -0.39 is 0 Å². The zero-order valence-corrected chi connectivity index (χ0v) is 13.4. The molecule has 0 aliphatic carbocycles. The number of piperidine rings is 1. The molecule has 3 aromatic rings. The molecule has 1 N–H and O–H groups in total. The van der Waals surface area contributed by atoms with Crippen molar-refractivity contribution in [2.24, 2.45) is 0 Å². The summed E-state index contributed by atoms with van der Waals surface area (Å²) in [5.74, 6) is 0.0635. The van der Waals surface area contributed by atoms with Gasteiger partial charge in [0, 0.05) is 37.1 Å². The molecule has 1 aliphatic heterocycles. The van der Waals surface area contributed by atoms with Crippen LogP contribution in [0.25, 0.3) is 11.3 Å². The van der Waals surface area contributed by atoms with Crippen molar-refractivity contribution in [1.82, 2.24) is 19.7 Å². The molecular formula is C19H20N4O. The first-order valence-electron chi connectivity index (χ1n) is 8.33. The van der Waals surface area contributed by atoms with Crippen LogP contribution in [0.5, 0.6) is 0 Å². The minimum absolute atomic E-state index is 0.0635. The summed E-state index contributed by atoms with van der Waals surface area (Å²) in [7, 11) is 0. The first-order valence-corrected chi connectivity index (χ1v) is 8.33. The second-order valence-electron chi connectivity index (χ2n) is 6.18. The molecule has 1 aromatic carbocycles. The molecule has 5 nitrogen and oxygen atoms in total. The van der Waals surface area contributed by atoms with Crippen LogP contribution >= 0.6 is 0 Å². The summed E-state index contributed by atoms with van der Waals surface area (Å²) in [5.41, 5.74) is 2.44. The molecule has 1 saturated heterocycles. The highest BCUT2D eigenvalue weighted by Gasteiger charge is 2.26. The Hall–Kier alpha value is -2.82. The second kappa shape index (κ2) is 6.35. The van der Waals surface area contributed by atoms with Gasteiger partial charge in [-0.05, 0) is 25.0 Å². The second-order valence-corrected chi connectivity index (χ2v) is 6.18. The van der Waals surface area contributed by atoms with Gasteiger partial charge in [-0.3, -0.25) is 9.89 Å². The lowest BCUT2D eigenvalue weighted by Crippen LogP contribution is -2.39. The first-order chi connectivity index (χ1) is 11.8. The third kappa shape index (κ3) is 2.73. The van der Waals surface area contributed by atoms with E-state index in [1.807, 2.05) is 35.2 Å². The number of aromatic amines is 1. The van der Waals surface area contributed by atoms with Crippen molar-refractivity contribution < 1.29 is 4.79 Å². The van der Waals surface area contributed by atoms with Gasteiger partial charge in [-0.2, -0.15) is 5.10 Å². The molecule has 1 amide bonds. The average molecular weight is 320 g/mol. The molecule has 0 saturated carbocycles. The number of H-pyrrole nitrogens is 1. The van der Waals surface area contributed by atoms with Gasteiger partial charge in [0.05, 0.1) is 17.5 Å². The molecule has 0 unspecified atom stereocenters. The molecule has 122 valence electrons. The topological polar surface area (TPSA) is 53.9 Å². The fourth-order valence-corrected chi connectivity index (χ4v) is 3.40. The number of aromatic nitrogens is 3. The number of nitrogens with one attached hydrogen (secondary N) is 1. The monoisotopic (exact) mass is 320 g/mol. The first kappa shape index (κ1) is 14.8. The Labute approximate surface area is 140 Å². The van der Waals surface area contributed by atoms with Gasteiger partial charge in [0.1, 0.15) is 0 Å². The lowest BCUT2D eigenvalue weighted by atomic mass is 10.0. The predicted octanol–water partition coefficient (Wildman–Crippen LogP) is 3.36. The molecule has 1 fully saturated rings. The van der Waals surface area contributed by atoms with E-state index in [1.165, 1.54) is 0 Å². The predicted molar refractivity (Wildman–Crippen MR) is 92.6 cm³/mol. The number of hydrogen-bond donors (Lipinski definition) is 1. The summed E-state index contributed by atoms with van der Waals surface area (Å²) in [4.78, 5) is 14.8. The van der Waals surface area contributed by atoms with E-state index in [-0.39, 0.29) is 5.91 Å². The van der Waals surface area contributed by atoms with Gasteiger partial charge < -0.3 is 9.47 Å². The third-order valence-corrected chi connectivity index (χ3v) is 4.73. The molecule has 4 rings (SSSR count). The van der Waals surface area contributed by atoms with Crippen molar-refractivity contribution in [2.45, 2.75) is 18.9 Å². The molecular weight excluding hydrogens is 300 g/mol. The number of nitrogens with zero attached hydrogens (tertiary/aromatic N) is 3. The quantitative estimate of drug-likeness (QED) is 0.804. The molecule has 5 heteroatoms. The summed E-state index contributed by atoms with van der Waals surface area (Å²) >= 11 is 0. The van der Waals surface area contributed by atoms with Crippen LogP contribution in [0.2, 0.25) is 0 Å². The number of hydrogen-bond acceptors (Lipinski definition) is 2. The van der Waals surface area contributed by atoms with E-state index in [9.17, 15) is 4.79 Å². The summed E-state index contributed by atoms with van der Waals surface area (Å²) in [6.45, 7) is 1.56. The summed E-state index contributed by atoms with van der Waals surface area (Å²) in [6, 6.07) is 14.5. The maximum atomic E-state index is 12.9. The van der Waals surface area contributed by atoms with Crippen molar-refractivity contribution in [2.75, 3.05) is 13.1 Å². The van der Waals surface area contributed by atoms with Gasteiger partial charge in [-0.15, -0.1) is 0 Å². The van der Waals surface area contributed by atoms with E-state index >= 15 is 0 Å². The van der Waals surface area contributed by atoms with Crippen LogP contribution in [0.3, 0.4) is 0 Å². The molecule has 0 spiro atoms. The Balaban J connectivity index is 1.49. The van der Waals surface area contributed by atoms with Gasteiger partial charge in [-0.25, -0.2) is 0 Å². The number of rotatable bonds is 3. The largest absolute Gasteiger partial charge is 0.351 e. The number of amides is 1. The maximum Gasteiger partial charge on any atom is 0.257 e. The van der Waals surface area contributed by atoms with Crippen molar-refractivity contribution in [1.29, 1.82) is 0 Å². The Bertz CT molecular complexity index is 799. The highest BCUT2D eigenvalue weighted by atomic mass is 16.2. The zero-order chi connectivity index (χ0) is 16.4. The van der Waals surface area contributed by atoms with Gasteiger partial charge in [-0.1, -0.05) is 30.3 Å². The van der Waals surface area contributed by atoms with Gasteiger partial charge in [0.15, 0.2) is 0 Å². The summed E-state index contributed by atoms with van der Waals surface area (Å²) < 4.78 is 2.25. The van der Waals surface area contributed by atoms with Crippen molar-refractivity contribution in [3.05, 3.63) is 66.6 Å². The number of likely N-dealkylation sites (tertiary alicyclic amines) is 1. The maximum absolute atomic E-state index is 12.9. The lowest BCUT2D eigenvalue weighted by Gasteiger charge is -2.32. The molecule has 0 radical (unpaired) electrons. The number of benzene rings is 1. The normalized spacial score (nSPS) is 15.6. The Morgan fingerprint density at radius 3 is 2.46 bits per heavy atom. The minimum Gasteiger partial charge on any atom is -0.351 e. The molecule has 0 bridgehead atoms. The van der Waals surface area contributed by atoms with E-state index in [0.29, 0.717) is 11.6 Å². The standard InChI is InChI=1S/C19H20N4O/c24-19(17-14-20-21-18(17)15-6-2-1-3-7-15)23-12-8-16(9-13-23)22-10-4-5-11-22/h1-7,10-11,14,16H,8-9,12-13H2,(H,20,21). The van der Waals surface area contributed by atoms with Crippen LogP contribution in [0.4, 0.5) is 0 Å². The number of carbonyl (C=O) groups is 1. The van der Waals surface area contributed by atoms with Crippen LogP contribution < -0.4 is 0 Å². The van der Waals surface area contributed by atoms with Crippen LogP contribution in [0, 0.1) is 0 Å². The van der Waals surface area contributed by atoms with Gasteiger partial charge >= 0.3 is 0 Å². The van der Waals surface area contributed by atoms with Crippen molar-refractivity contribution in [3.8, 4) is 11.3 Å². The fourth-order valence-electron chi connectivity index (χ4n) is 3.40. The van der Waals surface area contributed by atoms with Crippen molar-refractivity contribution in [3.63, 3.8) is 0 Å². The SMILES string of the molecule is O=C(c1cn[nH]c1-c1ccccc1)N1CCC(n2cccc2)CC1. The van der Waals surface area contributed by atoms with Crippen LogP contribution in [-0.2, 0) is 0 Å². The van der Waals surface area contributed by atoms with E-state index in [4.69, 9.17) is 0 Å². The average Bonchev–Trinajstić information content (AvgIpc) is 3.34. The van der Waals surface area contributed by atoms with Crippen LogP contribution in [0.15, 0.2) is 61.1 Å². The Morgan fingerprint density at radius 1 is 1.04 bits per heavy atom. The highest BCUT2D eigenvalue weighted by molar-refractivity contribution is 5.99. The molecule has 3 heterocycles. The van der Waals surface area contributed by atoms with Gasteiger partial charge in [0.2, 0.25) is 0 Å². The Kier molecular flexibility index (Phi) is 3.91. The molecule has 24 heavy (non-hydrogen) atoms. The Morgan fingerprint density at radius 2 is 1.75 bits per heavy atom. The third-order valence-electron chi connectivity index (χ3n) is 4.73. The molecule has 2 aromatic heterocycles. The lowest BCUT2D eigenvalue weighted by molar-refractivity contribution is 0.0695. The van der Waals surface area contributed by atoms with Crippen LogP contribution in [0.1, 0.15) is 29.2 Å². The highest BCUT2D eigenvalue weighted by Crippen LogP contribution is 2.26. The van der Waals surface area contributed by atoms with E-state index in [0.717, 1.165) is 37.2 Å². The zero-order valence-electron chi connectivity index (χ0n) is 13.4. The fraction of sp³-hybridized carbons (Fsp3) is 0.263. The number of carbonyl (C=O) groups excluding carboxylic acids is 1. The summed E-state index contributed by atoms with van der Waals surface area (Å²) in [5, 5.41) is 7.06. The smallest absolute Gasteiger partial charge is 0.257 e. The van der Waals surface area contributed by atoms with Gasteiger partial charge in [0.25, 0.3) is 5.91 Å². The minimum atomic E-state index is 0.0635. The van der Waals surface area contributed by atoms with Crippen LogP contribution in [-0.4, -0.2) is 38.7 Å². The van der Waals surface area contributed by atoms with Crippen molar-refractivity contribution >= 4 is 5.91 Å². The summed E-state index contributed by atoms with van der Waals surface area (Å²) in [6.07, 6.45) is 7.82. The van der Waals surface area contributed by atoms with E-state index in [1.54, 1.807) is 6.20 Å². The molecule has 1 aliphatic rings. The molecule has 0 atom stereocenters.